The lowest BCUT2D eigenvalue weighted by atomic mass is 9.62. The molecule has 1 unspecified atom stereocenters. The number of aromatic nitrogens is 1. The lowest BCUT2D eigenvalue weighted by molar-refractivity contribution is -0.0277. The van der Waals surface area contributed by atoms with Crippen molar-refractivity contribution in [1.29, 1.82) is 0 Å². The Balaban J connectivity index is 1.09. The van der Waals surface area contributed by atoms with Crippen molar-refractivity contribution in [2.45, 2.75) is 81.5 Å². The zero-order valence-electron chi connectivity index (χ0n) is 17.0. The fraction of sp³-hybridized carbons (Fsp3) is 0.800. The fourth-order valence-electron chi connectivity index (χ4n) is 6.15. The van der Waals surface area contributed by atoms with Gasteiger partial charge >= 0.3 is 0 Å². The summed E-state index contributed by atoms with van der Waals surface area (Å²) >= 11 is 0. The molecule has 3 aliphatic heterocycles. The minimum Gasteiger partial charge on any atom is -0.360 e. The lowest BCUT2D eigenvalue weighted by Crippen LogP contribution is -2.69. The number of fused-ring (bicyclic) bond motifs is 2. The fourth-order valence-corrected chi connectivity index (χ4v) is 8.43. The molecule has 1 spiro atoms. The Morgan fingerprint density at radius 1 is 1.17 bits per heavy atom. The van der Waals surface area contributed by atoms with Crippen molar-refractivity contribution in [2.75, 3.05) is 13.1 Å². The summed E-state index contributed by atoms with van der Waals surface area (Å²) in [5, 5.41) is 6.98. The quantitative estimate of drug-likeness (QED) is 0.710. The predicted octanol–water partition coefficient (Wildman–Crippen LogP) is 0.945. The van der Waals surface area contributed by atoms with Crippen LogP contribution in [0.3, 0.4) is 0 Å². The molecule has 9 nitrogen and oxygen atoms in total. The molecule has 30 heavy (non-hydrogen) atoms. The van der Waals surface area contributed by atoms with Gasteiger partial charge in [0.25, 0.3) is 16.1 Å². The van der Waals surface area contributed by atoms with Gasteiger partial charge in [0.05, 0.1) is 0 Å². The number of nitrogens with one attached hydrogen (secondary N) is 1. The normalized spacial score (nSPS) is 34.0. The molecule has 1 aromatic rings. The van der Waals surface area contributed by atoms with E-state index in [1.165, 1.54) is 0 Å². The first-order chi connectivity index (χ1) is 14.3. The summed E-state index contributed by atoms with van der Waals surface area (Å²) in [5.41, 5.74) is 6.36. The van der Waals surface area contributed by atoms with Crippen LogP contribution in [0.1, 0.15) is 73.5 Å². The van der Waals surface area contributed by atoms with Gasteiger partial charge in [-0.05, 0) is 51.4 Å². The van der Waals surface area contributed by atoms with E-state index < -0.39 is 10.2 Å². The Bertz CT molecular complexity index is 946. The molecule has 164 valence electrons. The van der Waals surface area contributed by atoms with Gasteiger partial charge in [-0.25, -0.2) is 0 Å². The number of rotatable bonds is 5. The number of hydrogen-bond acceptors (Lipinski definition) is 6. The van der Waals surface area contributed by atoms with Gasteiger partial charge in [-0.2, -0.15) is 17.0 Å². The molecule has 2 aliphatic carbocycles. The maximum absolute atomic E-state index is 13.3. The lowest BCUT2D eigenvalue weighted by Gasteiger charge is -2.58. The van der Waals surface area contributed by atoms with E-state index in [9.17, 15) is 13.2 Å². The highest BCUT2D eigenvalue weighted by atomic mass is 32.2. The number of piperidine rings is 1. The monoisotopic (exact) mass is 435 g/mol. The molecule has 1 amide bonds. The zero-order chi connectivity index (χ0) is 20.7. The molecule has 0 radical (unpaired) electrons. The highest BCUT2D eigenvalue weighted by Crippen LogP contribution is 2.50. The summed E-state index contributed by atoms with van der Waals surface area (Å²) in [6, 6.07) is 1.86. The average molecular weight is 436 g/mol. The topological polar surface area (TPSA) is 122 Å². The Labute approximate surface area is 176 Å². The van der Waals surface area contributed by atoms with Crippen molar-refractivity contribution in [3.05, 3.63) is 17.5 Å². The van der Waals surface area contributed by atoms with Crippen LogP contribution >= 0.6 is 0 Å². The molecule has 6 rings (SSSR count). The Morgan fingerprint density at radius 3 is 2.43 bits per heavy atom. The van der Waals surface area contributed by atoms with Crippen molar-refractivity contribution in [3.63, 3.8) is 0 Å². The summed E-state index contributed by atoms with van der Waals surface area (Å²) < 4.78 is 35.2. The predicted molar refractivity (Wildman–Crippen MR) is 108 cm³/mol. The zero-order valence-corrected chi connectivity index (χ0v) is 17.8. The van der Waals surface area contributed by atoms with Crippen LogP contribution in [0.5, 0.6) is 0 Å². The average Bonchev–Trinajstić information content (AvgIpc) is 3.29. The molecular weight excluding hydrogens is 406 g/mol. The third kappa shape index (κ3) is 3.03. The smallest absolute Gasteiger partial charge is 0.282 e. The van der Waals surface area contributed by atoms with Crippen LogP contribution in [0.15, 0.2) is 10.6 Å². The number of carbonyl (C=O) groups excluding carboxylic acids is 1. The summed E-state index contributed by atoms with van der Waals surface area (Å²) in [4.78, 5) is 12.6. The van der Waals surface area contributed by atoms with E-state index in [0.717, 1.165) is 44.3 Å². The third-order valence-corrected chi connectivity index (χ3v) is 9.79. The Hall–Kier alpha value is -1.49. The second-order valence-corrected chi connectivity index (χ2v) is 12.0. The van der Waals surface area contributed by atoms with E-state index >= 15 is 0 Å². The molecule has 1 aromatic heterocycles. The number of nitrogens with zero attached hydrogens (tertiary/aromatic N) is 3. The first-order valence-electron chi connectivity index (χ1n) is 11.1. The van der Waals surface area contributed by atoms with Crippen LogP contribution in [0.2, 0.25) is 0 Å². The Kier molecular flexibility index (Phi) is 4.17. The van der Waals surface area contributed by atoms with Crippen molar-refractivity contribution in [3.8, 4) is 0 Å². The molecule has 10 heteroatoms. The number of carbonyl (C=O) groups is 1. The summed E-state index contributed by atoms with van der Waals surface area (Å²) in [6.45, 7) is 1.21. The minimum absolute atomic E-state index is 0.0325. The second-order valence-electron chi connectivity index (χ2n) is 10.2. The van der Waals surface area contributed by atoms with Gasteiger partial charge in [0, 0.05) is 54.7 Å². The van der Waals surface area contributed by atoms with Crippen LogP contribution in [0, 0.1) is 5.41 Å². The first-order valence-corrected chi connectivity index (χ1v) is 12.5. The van der Waals surface area contributed by atoms with E-state index in [4.69, 9.17) is 10.3 Å². The molecule has 0 aromatic carbocycles. The van der Waals surface area contributed by atoms with Gasteiger partial charge in [-0.15, -0.1) is 0 Å². The van der Waals surface area contributed by atoms with Crippen molar-refractivity contribution >= 4 is 16.1 Å². The van der Waals surface area contributed by atoms with Crippen LogP contribution in [-0.4, -0.2) is 65.3 Å². The molecule has 4 heterocycles. The van der Waals surface area contributed by atoms with Gasteiger partial charge in [0.15, 0.2) is 5.69 Å². The number of nitrogens with two attached hydrogens (primary N) is 1. The largest absolute Gasteiger partial charge is 0.360 e. The van der Waals surface area contributed by atoms with E-state index in [2.05, 4.69) is 10.5 Å². The standard InChI is InChI=1S/C20H29N5O4S/c21-13-8-20(9-13)10-24(11-20)30(27,28)25-15-3-4-16(25)6-14(5-15)22-19(26)17-7-18(29-23-17)12-1-2-12/h7,12-16H,1-6,8-11,21H2,(H,22,26)/t14?,15-,16+. The molecule has 2 bridgehead atoms. The molecule has 5 aliphatic rings. The molecule has 2 saturated carbocycles. The summed E-state index contributed by atoms with van der Waals surface area (Å²) in [7, 11) is -3.44. The number of amides is 1. The SMILES string of the molecule is NC1CC2(C1)CN(S(=O)(=O)N1[C@@H]3CC[C@H]1CC(NC(=O)c1cc(C4CC4)on1)C3)C2. The first kappa shape index (κ1) is 19.2. The van der Waals surface area contributed by atoms with E-state index in [1.807, 2.05) is 0 Å². The van der Waals surface area contributed by atoms with Crippen LogP contribution < -0.4 is 11.1 Å². The highest BCUT2D eigenvalue weighted by molar-refractivity contribution is 7.86. The second kappa shape index (κ2) is 6.51. The number of hydrogen-bond donors (Lipinski definition) is 2. The van der Waals surface area contributed by atoms with Gasteiger partial charge in [0.1, 0.15) is 5.76 Å². The molecule has 5 fully saturated rings. The van der Waals surface area contributed by atoms with E-state index in [1.54, 1.807) is 14.7 Å². The maximum Gasteiger partial charge on any atom is 0.282 e. The van der Waals surface area contributed by atoms with Crippen molar-refractivity contribution in [1.82, 2.24) is 19.1 Å². The van der Waals surface area contributed by atoms with E-state index in [-0.39, 0.29) is 35.5 Å². The molecule has 3 atom stereocenters. The Morgan fingerprint density at radius 2 is 1.83 bits per heavy atom. The van der Waals surface area contributed by atoms with Gasteiger partial charge < -0.3 is 15.6 Å². The third-order valence-electron chi connectivity index (χ3n) is 7.75. The molecular formula is C20H29N5O4S. The van der Waals surface area contributed by atoms with Crippen LogP contribution in [0.4, 0.5) is 0 Å². The van der Waals surface area contributed by atoms with Crippen molar-refractivity contribution < 1.29 is 17.7 Å². The summed E-state index contributed by atoms with van der Waals surface area (Å²) in [6.07, 6.45) is 7.08. The van der Waals surface area contributed by atoms with Gasteiger partial charge in [0.2, 0.25) is 0 Å². The van der Waals surface area contributed by atoms with Gasteiger partial charge in [-0.1, -0.05) is 5.16 Å². The maximum atomic E-state index is 13.3. The van der Waals surface area contributed by atoms with Crippen LogP contribution in [-0.2, 0) is 10.2 Å². The van der Waals surface area contributed by atoms with Gasteiger partial charge in [-0.3, -0.25) is 4.79 Å². The molecule has 3 N–H and O–H groups in total. The minimum atomic E-state index is -3.44. The van der Waals surface area contributed by atoms with Crippen molar-refractivity contribution in [2.24, 2.45) is 11.1 Å². The molecule has 3 saturated heterocycles. The summed E-state index contributed by atoms with van der Waals surface area (Å²) in [5.74, 6) is 0.984. The van der Waals surface area contributed by atoms with E-state index in [0.29, 0.717) is 37.5 Å². The highest BCUT2D eigenvalue weighted by Gasteiger charge is 2.58. The van der Waals surface area contributed by atoms with Crippen LogP contribution in [0.25, 0.3) is 0 Å².